The van der Waals surface area contributed by atoms with Gasteiger partial charge in [0.1, 0.15) is 29.7 Å². The number of hydrogen-bond acceptors (Lipinski definition) is 11. The van der Waals surface area contributed by atoms with Crippen molar-refractivity contribution in [2.45, 2.75) is 89.9 Å². The molecule has 2 aromatic heterocycles. The summed E-state index contributed by atoms with van der Waals surface area (Å²) in [5.74, 6) is 0.735. The number of piperidine rings is 1. The van der Waals surface area contributed by atoms with Gasteiger partial charge in [0.25, 0.3) is 5.91 Å². The summed E-state index contributed by atoms with van der Waals surface area (Å²) in [6.07, 6.45) is 0.981. The molecule has 3 fully saturated rings. The number of rotatable bonds is 8. The molecule has 0 aromatic carbocycles. The zero-order valence-electron chi connectivity index (χ0n) is 24.1. The fraction of sp³-hybridized carbons (Fsp3) is 0.741. The number of imidazole rings is 1. The molecule has 0 bridgehead atoms. The molecule has 2 amide bonds. The number of aliphatic hydroxyl groups excluding tert-OH is 2. The molecule has 5 rings (SSSR count). The Morgan fingerprint density at radius 3 is 2.61 bits per heavy atom. The molecule has 14 heteroatoms. The minimum Gasteiger partial charge on any atom is -0.444 e. The van der Waals surface area contributed by atoms with Crippen molar-refractivity contribution in [1.29, 1.82) is 0 Å². The quantitative estimate of drug-likeness (QED) is 0.352. The summed E-state index contributed by atoms with van der Waals surface area (Å²) in [6.45, 7) is 8.60. The lowest BCUT2D eigenvalue weighted by atomic mass is 9.91. The lowest BCUT2D eigenvalue weighted by Gasteiger charge is -2.32. The highest BCUT2D eigenvalue weighted by molar-refractivity contribution is 5.83. The molecule has 5 N–H and O–H groups in total. The van der Waals surface area contributed by atoms with Crippen LogP contribution in [-0.2, 0) is 25.4 Å². The smallest absolute Gasteiger partial charge is 0.410 e. The normalized spacial score (nSPS) is 26.6. The minimum absolute atomic E-state index is 0.133. The van der Waals surface area contributed by atoms with E-state index in [0.717, 1.165) is 32.1 Å². The second kappa shape index (κ2) is 14.2. The predicted molar refractivity (Wildman–Crippen MR) is 149 cm³/mol. The molecule has 0 spiro atoms. The van der Waals surface area contributed by atoms with Crippen molar-refractivity contribution < 1.29 is 34.0 Å². The topological polar surface area (TPSA) is 187 Å². The van der Waals surface area contributed by atoms with Crippen molar-refractivity contribution in [3.05, 3.63) is 12.2 Å². The third-order valence-corrected chi connectivity index (χ3v) is 7.66. The number of aryl methyl sites for hydroxylation is 1. The van der Waals surface area contributed by atoms with Gasteiger partial charge in [-0.2, -0.15) is 0 Å². The van der Waals surface area contributed by atoms with E-state index in [9.17, 15) is 19.8 Å². The molecule has 0 radical (unpaired) electrons. The second-order valence-corrected chi connectivity index (χ2v) is 10.4. The maximum absolute atomic E-state index is 12.4. The Hall–Kier alpha value is -3.07. The van der Waals surface area contributed by atoms with Gasteiger partial charge in [-0.25, -0.2) is 19.7 Å². The van der Waals surface area contributed by atoms with E-state index in [4.69, 9.17) is 19.9 Å². The molecule has 0 saturated carbocycles. The molecule has 5 heterocycles. The Morgan fingerprint density at radius 2 is 1.93 bits per heavy atom. The Bertz CT molecular complexity index is 1160. The first-order valence-electron chi connectivity index (χ1n) is 14.7. The summed E-state index contributed by atoms with van der Waals surface area (Å²) in [7, 11) is 0. The fourth-order valence-electron chi connectivity index (χ4n) is 5.44. The number of carbonyl (C=O) groups excluding carboxylic acids is 2. The molecule has 0 aliphatic carbocycles. The van der Waals surface area contributed by atoms with Crippen LogP contribution < -0.4 is 11.1 Å². The first kappa shape index (κ1) is 30.9. The standard InChI is InChI=1S/C25H37N7O7.C2H6/c1-2-27-23(35)20-18(33)19(34)24(39-20)32-13-28-17-21(26)29-16(30-22(17)32)5-3-4-14-6-9-31(10-7-14)25(36)38-15-8-11-37-12-15;1-2/h13-15,18-20,24,33-34H,2-12H2,1H3,(H,27,35)(H2,26,29,30);1-2H3/t15?,18-,19?,20+,24-;/m1./s1. The van der Waals surface area contributed by atoms with Crippen LogP contribution in [0.4, 0.5) is 10.6 Å². The molecule has 3 saturated heterocycles. The van der Waals surface area contributed by atoms with Crippen molar-refractivity contribution >= 4 is 29.0 Å². The van der Waals surface area contributed by atoms with Gasteiger partial charge in [-0.1, -0.05) is 13.8 Å². The van der Waals surface area contributed by atoms with Gasteiger partial charge < -0.3 is 40.4 Å². The first-order valence-corrected chi connectivity index (χ1v) is 14.7. The molecule has 228 valence electrons. The van der Waals surface area contributed by atoms with Gasteiger partial charge in [0.05, 0.1) is 19.5 Å². The lowest BCUT2D eigenvalue weighted by Crippen LogP contribution is -2.42. The van der Waals surface area contributed by atoms with E-state index in [1.165, 1.54) is 10.9 Å². The molecular weight excluding hydrogens is 534 g/mol. The molecule has 3 aliphatic rings. The summed E-state index contributed by atoms with van der Waals surface area (Å²) < 4.78 is 18.0. The third kappa shape index (κ3) is 7.05. The Balaban J connectivity index is 0.00000189. The number of carbonyl (C=O) groups is 2. The summed E-state index contributed by atoms with van der Waals surface area (Å²) in [4.78, 5) is 39.7. The number of nitrogens with two attached hydrogens (primary N) is 1. The molecule has 2 unspecified atom stereocenters. The average molecular weight is 578 g/mol. The van der Waals surface area contributed by atoms with E-state index in [1.54, 1.807) is 11.8 Å². The Kier molecular flexibility index (Phi) is 10.7. The van der Waals surface area contributed by atoms with E-state index >= 15 is 0 Å². The summed E-state index contributed by atoms with van der Waals surface area (Å²) in [6, 6.07) is 0. The van der Waals surface area contributed by atoms with Gasteiger partial charge in [0.15, 0.2) is 23.8 Å². The van der Waals surface area contributed by atoms with Crippen molar-refractivity contribution in [2.75, 3.05) is 38.6 Å². The molecule has 14 nitrogen and oxygen atoms in total. The van der Waals surface area contributed by atoms with E-state index in [-0.39, 0.29) is 18.0 Å². The number of nitrogen functional groups attached to an aromatic ring is 1. The van der Waals surface area contributed by atoms with Gasteiger partial charge in [0, 0.05) is 32.5 Å². The van der Waals surface area contributed by atoms with Gasteiger partial charge in [0.2, 0.25) is 0 Å². The number of aliphatic hydroxyl groups is 2. The number of anilines is 1. The van der Waals surface area contributed by atoms with Crippen LogP contribution in [0.1, 0.15) is 64.9 Å². The van der Waals surface area contributed by atoms with E-state index < -0.39 is 30.4 Å². The van der Waals surface area contributed by atoms with Crippen molar-refractivity contribution in [3.8, 4) is 0 Å². The number of nitrogens with zero attached hydrogens (tertiary/aromatic N) is 5. The maximum Gasteiger partial charge on any atom is 0.410 e. The minimum atomic E-state index is -1.40. The van der Waals surface area contributed by atoms with Crippen LogP contribution in [0.5, 0.6) is 0 Å². The van der Waals surface area contributed by atoms with Crippen molar-refractivity contribution in [1.82, 2.24) is 29.7 Å². The Labute approximate surface area is 239 Å². The van der Waals surface area contributed by atoms with Crippen LogP contribution in [0, 0.1) is 5.92 Å². The zero-order valence-corrected chi connectivity index (χ0v) is 24.1. The number of fused-ring (bicyclic) bond motifs is 1. The van der Waals surface area contributed by atoms with Crippen LogP contribution in [0.2, 0.25) is 0 Å². The Morgan fingerprint density at radius 1 is 1.17 bits per heavy atom. The first-order chi connectivity index (χ1) is 19.9. The summed E-state index contributed by atoms with van der Waals surface area (Å²) in [5, 5.41) is 23.6. The number of aromatic nitrogens is 4. The summed E-state index contributed by atoms with van der Waals surface area (Å²) in [5.41, 5.74) is 6.88. The number of hydrogen-bond donors (Lipinski definition) is 4. The second-order valence-electron chi connectivity index (χ2n) is 10.4. The highest BCUT2D eigenvalue weighted by Crippen LogP contribution is 2.32. The van der Waals surface area contributed by atoms with Crippen LogP contribution in [0.25, 0.3) is 11.2 Å². The summed E-state index contributed by atoms with van der Waals surface area (Å²) >= 11 is 0. The largest absolute Gasteiger partial charge is 0.444 e. The highest BCUT2D eigenvalue weighted by Gasteiger charge is 2.47. The van der Waals surface area contributed by atoms with Gasteiger partial charge >= 0.3 is 6.09 Å². The third-order valence-electron chi connectivity index (χ3n) is 7.66. The van der Waals surface area contributed by atoms with Gasteiger partial charge in [-0.15, -0.1) is 0 Å². The molecular formula is C27H43N7O7. The van der Waals surface area contributed by atoms with Crippen LogP contribution >= 0.6 is 0 Å². The van der Waals surface area contributed by atoms with E-state index in [1.807, 2.05) is 13.8 Å². The van der Waals surface area contributed by atoms with Crippen LogP contribution in [-0.4, -0.2) is 104 Å². The lowest BCUT2D eigenvalue weighted by molar-refractivity contribution is -0.137. The average Bonchev–Trinajstić information content (AvgIpc) is 3.71. The molecule has 3 aliphatic heterocycles. The number of likely N-dealkylation sites (N-methyl/N-ethyl adjacent to an activating group) is 1. The number of nitrogens with one attached hydrogen (secondary N) is 1. The predicted octanol–water partition coefficient (Wildman–Crippen LogP) is 1.15. The number of ether oxygens (including phenoxy) is 3. The number of likely N-dealkylation sites (tertiary alicyclic amines) is 1. The fourth-order valence-corrected chi connectivity index (χ4v) is 5.44. The van der Waals surface area contributed by atoms with Gasteiger partial charge in [-0.3, -0.25) is 9.36 Å². The maximum atomic E-state index is 12.4. The molecule has 2 aromatic rings. The molecule has 5 atom stereocenters. The molecule has 41 heavy (non-hydrogen) atoms. The SMILES string of the molecule is CC.CCNC(=O)[C@H]1O[C@@H](n2cnc3c(N)nc(CCCC4CCN(C(=O)OC5CCOC5)CC4)nc32)C(O)[C@H]1O. The van der Waals surface area contributed by atoms with Gasteiger partial charge in [-0.05, 0) is 38.5 Å². The van der Waals surface area contributed by atoms with Crippen LogP contribution in [0.15, 0.2) is 6.33 Å². The van der Waals surface area contributed by atoms with E-state index in [0.29, 0.717) is 62.2 Å². The zero-order chi connectivity index (χ0) is 29.5. The monoisotopic (exact) mass is 577 g/mol. The van der Waals surface area contributed by atoms with Crippen molar-refractivity contribution in [2.24, 2.45) is 5.92 Å². The number of amides is 2. The van der Waals surface area contributed by atoms with E-state index in [2.05, 4.69) is 20.3 Å². The van der Waals surface area contributed by atoms with Crippen molar-refractivity contribution in [3.63, 3.8) is 0 Å². The highest BCUT2D eigenvalue weighted by atomic mass is 16.6. The van der Waals surface area contributed by atoms with Crippen LogP contribution in [0.3, 0.4) is 0 Å².